The molecule has 0 aliphatic carbocycles. The number of hydrogen-bond acceptors (Lipinski definition) is 4. The van der Waals surface area contributed by atoms with E-state index in [-0.39, 0.29) is 5.91 Å². The number of aromatic nitrogens is 2. The van der Waals surface area contributed by atoms with Crippen LogP contribution in [-0.4, -0.2) is 22.9 Å². The summed E-state index contributed by atoms with van der Waals surface area (Å²) < 4.78 is 0. The van der Waals surface area contributed by atoms with Gasteiger partial charge in [0, 0.05) is 25.1 Å². The molecule has 0 aliphatic heterocycles. The zero-order valence-electron chi connectivity index (χ0n) is 9.74. The van der Waals surface area contributed by atoms with E-state index >= 15 is 0 Å². The molecule has 5 heteroatoms. The predicted octanol–water partition coefficient (Wildman–Crippen LogP) is 1.62. The molecule has 0 spiro atoms. The fourth-order valence-corrected chi connectivity index (χ4v) is 1.48. The largest absolute Gasteiger partial charge is 0.311 e. The fourth-order valence-electron chi connectivity index (χ4n) is 1.48. The number of carbonyl (C=O) groups is 1. The van der Waals surface area contributed by atoms with Crippen molar-refractivity contribution < 1.29 is 4.79 Å². The van der Waals surface area contributed by atoms with Gasteiger partial charge in [-0.1, -0.05) is 0 Å². The van der Waals surface area contributed by atoms with Crippen LogP contribution in [-0.2, 0) is 0 Å². The number of benzene rings is 1. The average Bonchev–Trinajstić information content (AvgIpc) is 2.47. The maximum absolute atomic E-state index is 12.1. The minimum Gasteiger partial charge on any atom is -0.311 e. The number of amides is 1. The summed E-state index contributed by atoms with van der Waals surface area (Å²) in [7, 11) is 1.66. The highest BCUT2D eigenvalue weighted by atomic mass is 16.2. The lowest BCUT2D eigenvalue weighted by atomic mass is 10.2. The first-order valence-corrected chi connectivity index (χ1v) is 5.25. The van der Waals surface area contributed by atoms with Crippen molar-refractivity contribution in [3.63, 3.8) is 0 Å². The van der Waals surface area contributed by atoms with Crippen LogP contribution in [0.1, 0.15) is 15.9 Å². The first kappa shape index (κ1) is 11.7. The highest BCUT2D eigenvalue weighted by Gasteiger charge is 2.13. The molecule has 0 saturated heterocycles. The number of rotatable bonds is 2. The summed E-state index contributed by atoms with van der Waals surface area (Å²) >= 11 is 0. The topological polar surface area (TPSA) is 69.9 Å². The van der Waals surface area contributed by atoms with Crippen LogP contribution in [0.2, 0.25) is 0 Å². The summed E-state index contributed by atoms with van der Waals surface area (Å²) in [4.78, 5) is 21.2. The van der Waals surface area contributed by atoms with Gasteiger partial charge < -0.3 is 4.90 Å². The van der Waals surface area contributed by atoms with Gasteiger partial charge in [-0.15, -0.1) is 0 Å². The summed E-state index contributed by atoms with van der Waals surface area (Å²) in [5, 5.41) is 8.71. The Labute approximate surface area is 104 Å². The Balaban J connectivity index is 2.23. The van der Waals surface area contributed by atoms with Crippen LogP contribution < -0.4 is 4.90 Å². The molecule has 2 rings (SSSR count). The molecular formula is C13H10N4O. The van der Waals surface area contributed by atoms with Gasteiger partial charge in [0.1, 0.15) is 6.33 Å². The Kier molecular flexibility index (Phi) is 3.30. The minimum atomic E-state index is -0.194. The summed E-state index contributed by atoms with van der Waals surface area (Å²) in [6.07, 6.45) is 4.31. The Hall–Kier alpha value is -2.74. The van der Waals surface area contributed by atoms with Gasteiger partial charge in [0.2, 0.25) is 0 Å². The molecule has 1 amide bonds. The van der Waals surface area contributed by atoms with Crippen LogP contribution >= 0.6 is 0 Å². The molecule has 88 valence electrons. The minimum absolute atomic E-state index is 0.194. The van der Waals surface area contributed by atoms with Crippen LogP contribution in [0.5, 0.6) is 0 Å². The van der Waals surface area contributed by atoms with Crippen LogP contribution in [0.4, 0.5) is 5.69 Å². The van der Waals surface area contributed by atoms with Crippen molar-refractivity contribution >= 4 is 11.6 Å². The molecule has 1 heterocycles. The normalized spacial score (nSPS) is 9.56. The van der Waals surface area contributed by atoms with Crippen LogP contribution in [0, 0.1) is 11.3 Å². The Bertz CT molecular complexity index is 587. The third-order valence-electron chi connectivity index (χ3n) is 2.50. The van der Waals surface area contributed by atoms with E-state index in [0.717, 1.165) is 0 Å². The van der Waals surface area contributed by atoms with Crippen molar-refractivity contribution in [3.05, 3.63) is 54.1 Å². The second-order valence-corrected chi connectivity index (χ2v) is 3.65. The van der Waals surface area contributed by atoms with Crippen LogP contribution in [0.25, 0.3) is 0 Å². The molecule has 0 radical (unpaired) electrons. The molecular weight excluding hydrogens is 228 g/mol. The third-order valence-corrected chi connectivity index (χ3v) is 2.50. The summed E-state index contributed by atoms with van der Waals surface area (Å²) in [6, 6.07) is 8.81. The van der Waals surface area contributed by atoms with Crippen molar-refractivity contribution in [2.75, 3.05) is 11.9 Å². The standard InChI is InChI=1S/C13H10N4O/c1-17(12-4-2-10(6-14)3-5-12)13(18)11-7-15-9-16-8-11/h2-5,7-9H,1H3. The number of hydrogen-bond donors (Lipinski definition) is 0. The van der Waals surface area contributed by atoms with E-state index in [1.165, 1.54) is 23.6 Å². The second kappa shape index (κ2) is 5.06. The van der Waals surface area contributed by atoms with Crippen LogP contribution in [0.15, 0.2) is 43.0 Å². The van der Waals surface area contributed by atoms with Crippen molar-refractivity contribution in [3.8, 4) is 6.07 Å². The zero-order valence-corrected chi connectivity index (χ0v) is 9.74. The lowest BCUT2D eigenvalue weighted by molar-refractivity contribution is 0.0992. The molecule has 18 heavy (non-hydrogen) atoms. The summed E-state index contributed by atoms with van der Waals surface area (Å²) in [5.74, 6) is -0.194. The van der Waals surface area contributed by atoms with E-state index in [1.54, 1.807) is 31.3 Å². The quantitative estimate of drug-likeness (QED) is 0.797. The second-order valence-electron chi connectivity index (χ2n) is 3.65. The number of carbonyl (C=O) groups excluding carboxylic acids is 1. The van der Waals surface area contributed by atoms with Gasteiger partial charge >= 0.3 is 0 Å². The molecule has 0 aliphatic rings. The van der Waals surface area contributed by atoms with Crippen LogP contribution in [0.3, 0.4) is 0 Å². The lowest BCUT2D eigenvalue weighted by Gasteiger charge is -2.16. The fraction of sp³-hybridized carbons (Fsp3) is 0.0769. The third kappa shape index (κ3) is 2.33. The Morgan fingerprint density at radius 2 is 1.83 bits per heavy atom. The van der Waals surface area contributed by atoms with E-state index < -0.39 is 0 Å². The smallest absolute Gasteiger partial charge is 0.261 e. The molecule has 0 unspecified atom stereocenters. The SMILES string of the molecule is CN(C(=O)c1cncnc1)c1ccc(C#N)cc1. The van der Waals surface area contributed by atoms with Gasteiger partial charge in [0.25, 0.3) is 5.91 Å². The Morgan fingerprint density at radius 1 is 1.22 bits per heavy atom. The zero-order chi connectivity index (χ0) is 13.0. The molecule has 2 aromatic rings. The molecule has 0 atom stereocenters. The molecule has 1 aromatic carbocycles. The summed E-state index contributed by atoms with van der Waals surface area (Å²) in [6.45, 7) is 0. The van der Waals surface area contributed by atoms with E-state index in [2.05, 4.69) is 9.97 Å². The van der Waals surface area contributed by atoms with Gasteiger partial charge in [0.05, 0.1) is 17.2 Å². The maximum atomic E-state index is 12.1. The molecule has 1 aromatic heterocycles. The first-order valence-electron chi connectivity index (χ1n) is 5.25. The van der Waals surface area contributed by atoms with Gasteiger partial charge in [-0.05, 0) is 24.3 Å². The van der Waals surface area contributed by atoms with Gasteiger partial charge in [-0.3, -0.25) is 4.79 Å². The molecule has 0 saturated carbocycles. The van der Waals surface area contributed by atoms with Gasteiger partial charge in [0.15, 0.2) is 0 Å². The van der Waals surface area contributed by atoms with Crippen molar-refractivity contribution in [2.24, 2.45) is 0 Å². The molecule has 0 fully saturated rings. The Morgan fingerprint density at radius 3 is 2.39 bits per heavy atom. The summed E-state index contributed by atoms with van der Waals surface area (Å²) in [5.41, 5.74) is 1.69. The van der Waals surface area contributed by atoms with E-state index in [4.69, 9.17) is 5.26 Å². The van der Waals surface area contributed by atoms with Crippen molar-refractivity contribution in [1.29, 1.82) is 5.26 Å². The van der Waals surface area contributed by atoms with Crippen molar-refractivity contribution in [2.45, 2.75) is 0 Å². The average molecular weight is 238 g/mol. The van der Waals surface area contributed by atoms with Gasteiger partial charge in [-0.25, -0.2) is 9.97 Å². The van der Waals surface area contributed by atoms with Gasteiger partial charge in [-0.2, -0.15) is 5.26 Å². The molecule has 5 nitrogen and oxygen atoms in total. The number of anilines is 1. The predicted molar refractivity (Wildman–Crippen MR) is 65.9 cm³/mol. The first-order chi connectivity index (χ1) is 8.72. The van der Waals surface area contributed by atoms with E-state index in [9.17, 15) is 4.79 Å². The van der Waals surface area contributed by atoms with E-state index in [0.29, 0.717) is 16.8 Å². The highest BCUT2D eigenvalue weighted by molar-refractivity contribution is 6.05. The monoisotopic (exact) mass is 238 g/mol. The number of nitrogens with zero attached hydrogens (tertiary/aromatic N) is 4. The maximum Gasteiger partial charge on any atom is 0.261 e. The van der Waals surface area contributed by atoms with Crippen molar-refractivity contribution in [1.82, 2.24) is 9.97 Å². The van der Waals surface area contributed by atoms with E-state index in [1.807, 2.05) is 6.07 Å². The highest BCUT2D eigenvalue weighted by Crippen LogP contribution is 2.15. The number of nitriles is 1. The lowest BCUT2D eigenvalue weighted by Crippen LogP contribution is -2.26. The molecule has 0 N–H and O–H groups in total. The molecule has 0 bridgehead atoms.